The van der Waals surface area contributed by atoms with Gasteiger partial charge in [-0.15, -0.1) is 5.10 Å². The summed E-state index contributed by atoms with van der Waals surface area (Å²) in [6, 6.07) is 10.0. The molecule has 0 aliphatic carbocycles. The van der Waals surface area contributed by atoms with Gasteiger partial charge >= 0.3 is 0 Å². The lowest BCUT2D eigenvalue weighted by Crippen LogP contribution is -2.44. The molecular weight excluding hydrogens is 428 g/mol. The number of aromatic nitrogens is 5. The van der Waals surface area contributed by atoms with Crippen molar-refractivity contribution in [2.75, 3.05) is 31.8 Å². The van der Waals surface area contributed by atoms with Gasteiger partial charge in [-0.25, -0.2) is 9.67 Å². The molecule has 1 atom stereocenters. The van der Waals surface area contributed by atoms with E-state index in [0.29, 0.717) is 25.7 Å². The minimum Gasteiger partial charge on any atom is -0.497 e. The fourth-order valence-electron chi connectivity index (χ4n) is 3.69. The summed E-state index contributed by atoms with van der Waals surface area (Å²) >= 11 is 1.35. The Kier molecular flexibility index (Phi) is 5.62. The molecule has 0 unspecified atom stereocenters. The molecule has 0 N–H and O–H groups in total. The van der Waals surface area contributed by atoms with Crippen molar-refractivity contribution in [1.29, 1.82) is 0 Å². The zero-order valence-corrected chi connectivity index (χ0v) is 19.0. The lowest BCUT2D eigenvalue weighted by molar-refractivity contribution is 0.0985. The Morgan fingerprint density at radius 1 is 1.25 bits per heavy atom. The van der Waals surface area contributed by atoms with E-state index in [1.165, 1.54) is 11.5 Å². The van der Waals surface area contributed by atoms with E-state index < -0.39 is 0 Å². The first-order chi connectivity index (χ1) is 15.6. The van der Waals surface area contributed by atoms with Gasteiger partial charge < -0.3 is 19.1 Å². The molecule has 166 valence electrons. The van der Waals surface area contributed by atoms with Crippen LogP contribution in [0.2, 0.25) is 0 Å². The van der Waals surface area contributed by atoms with E-state index >= 15 is 0 Å². The van der Waals surface area contributed by atoms with Crippen LogP contribution < -0.4 is 14.4 Å². The van der Waals surface area contributed by atoms with Crippen LogP contribution in [0.4, 0.5) is 5.82 Å². The van der Waals surface area contributed by atoms with Crippen LogP contribution in [0.1, 0.15) is 18.2 Å². The average molecular weight is 453 g/mol. The van der Waals surface area contributed by atoms with Crippen LogP contribution in [-0.4, -0.2) is 57.3 Å². The first-order valence-corrected chi connectivity index (χ1v) is 11.2. The number of fused-ring (bicyclic) bond motifs is 1. The highest BCUT2D eigenvalue weighted by atomic mass is 32.1. The second-order valence-electron chi connectivity index (χ2n) is 7.72. The first kappa shape index (κ1) is 20.7. The van der Waals surface area contributed by atoms with Gasteiger partial charge in [0.05, 0.1) is 43.9 Å². The molecular formula is C22H24N6O3S. The maximum absolute atomic E-state index is 6.09. The lowest BCUT2D eigenvalue weighted by Gasteiger charge is -2.34. The monoisotopic (exact) mass is 452 g/mol. The van der Waals surface area contributed by atoms with Crippen molar-refractivity contribution in [3.8, 4) is 17.3 Å². The normalized spacial score (nSPS) is 16.5. The molecule has 10 heteroatoms. The van der Waals surface area contributed by atoms with E-state index in [0.717, 1.165) is 45.3 Å². The Morgan fingerprint density at radius 3 is 2.81 bits per heavy atom. The molecule has 3 aromatic heterocycles. The standard InChI is InChI=1S/C22H24N6O3S/c1-14-11-28(26-24-14)18-10-19(27-8-9-30-12-15(27)2)23-20-21(18)32-25-22(20)31-13-16-4-6-17(29-3)7-5-16/h4-7,10-11,15H,8-9,12-13H2,1-3H3/t15-/m1/s1. The van der Waals surface area contributed by atoms with E-state index in [1.54, 1.807) is 11.8 Å². The lowest BCUT2D eigenvalue weighted by atomic mass is 10.2. The van der Waals surface area contributed by atoms with Crippen LogP contribution in [0, 0.1) is 6.92 Å². The third-order valence-corrected chi connectivity index (χ3v) is 6.26. The van der Waals surface area contributed by atoms with Crippen molar-refractivity contribution >= 4 is 27.6 Å². The van der Waals surface area contributed by atoms with E-state index in [1.807, 2.05) is 43.5 Å². The van der Waals surface area contributed by atoms with Gasteiger partial charge in [-0.3, -0.25) is 0 Å². The summed E-state index contributed by atoms with van der Waals surface area (Å²) in [5.74, 6) is 2.18. The Hall–Kier alpha value is -3.24. The van der Waals surface area contributed by atoms with Crippen LogP contribution in [-0.2, 0) is 11.3 Å². The van der Waals surface area contributed by atoms with Crippen molar-refractivity contribution in [2.45, 2.75) is 26.5 Å². The molecule has 32 heavy (non-hydrogen) atoms. The fourth-order valence-corrected chi connectivity index (χ4v) is 4.47. The fraction of sp³-hybridized carbons (Fsp3) is 0.364. The molecule has 0 radical (unpaired) electrons. The number of methoxy groups -OCH3 is 1. The minimum absolute atomic E-state index is 0.217. The van der Waals surface area contributed by atoms with E-state index in [9.17, 15) is 0 Å². The van der Waals surface area contributed by atoms with Crippen molar-refractivity contribution in [3.63, 3.8) is 0 Å². The molecule has 1 aliphatic rings. The van der Waals surface area contributed by atoms with Crippen molar-refractivity contribution < 1.29 is 14.2 Å². The summed E-state index contributed by atoms with van der Waals surface area (Å²) in [5.41, 5.74) is 3.48. The Bertz CT molecular complexity index is 1220. The molecule has 1 fully saturated rings. The molecule has 1 aliphatic heterocycles. The third-order valence-electron chi connectivity index (χ3n) is 5.41. The second-order valence-corrected chi connectivity index (χ2v) is 8.50. The second kappa shape index (κ2) is 8.71. The number of pyridine rings is 1. The molecule has 0 spiro atoms. The van der Waals surface area contributed by atoms with Crippen molar-refractivity contribution in [1.82, 2.24) is 24.4 Å². The van der Waals surface area contributed by atoms with Gasteiger partial charge in [0, 0.05) is 12.6 Å². The first-order valence-electron chi connectivity index (χ1n) is 10.4. The van der Waals surface area contributed by atoms with Gasteiger partial charge in [-0.05, 0) is 43.1 Å². The summed E-state index contributed by atoms with van der Waals surface area (Å²) in [6.07, 6.45) is 1.90. The summed E-state index contributed by atoms with van der Waals surface area (Å²) in [7, 11) is 1.65. The Labute approximate surface area is 189 Å². The van der Waals surface area contributed by atoms with Crippen LogP contribution >= 0.6 is 11.5 Å². The summed E-state index contributed by atoms with van der Waals surface area (Å²) < 4.78 is 24.2. The van der Waals surface area contributed by atoms with Crippen molar-refractivity contribution in [2.24, 2.45) is 0 Å². The number of morpholine rings is 1. The topological polar surface area (TPSA) is 87.4 Å². The summed E-state index contributed by atoms with van der Waals surface area (Å²) in [5, 5.41) is 8.44. The molecule has 9 nitrogen and oxygen atoms in total. The maximum Gasteiger partial charge on any atom is 0.252 e. The molecule has 4 heterocycles. The van der Waals surface area contributed by atoms with Crippen LogP contribution in [0.15, 0.2) is 36.5 Å². The number of ether oxygens (including phenoxy) is 3. The third kappa shape index (κ3) is 3.98. The zero-order valence-electron chi connectivity index (χ0n) is 18.2. The SMILES string of the molecule is COc1ccc(COc2nsc3c(-n4cc(C)nn4)cc(N4CCOC[C@H]4C)nc23)cc1. The van der Waals surface area contributed by atoms with Crippen LogP contribution in [0.25, 0.3) is 15.9 Å². The summed E-state index contributed by atoms with van der Waals surface area (Å²) in [6.45, 7) is 6.56. The molecule has 0 amide bonds. The van der Waals surface area contributed by atoms with Gasteiger partial charge in [-0.2, -0.15) is 4.37 Å². The number of nitrogens with zero attached hydrogens (tertiary/aromatic N) is 6. The quantitative estimate of drug-likeness (QED) is 0.440. The van der Waals surface area contributed by atoms with Crippen molar-refractivity contribution in [3.05, 3.63) is 47.8 Å². The van der Waals surface area contributed by atoms with Crippen LogP contribution in [0.5, 0.6) is 11.6 Å². The summed E-state index contributed by atoms with van der Waals surface area (Å²) in [4.78, 5) is 7.20. The predicted octanol–water partition coefficient (Wildman–Crippen LogP) is 3.39. The average Bonchev–Trinajstić information content (AvgIpc) is 3.44. The molecule has 4 aromatic rings. The van der Waals surface area contributed by atoms with Gasteiger partial charge in [0.15, 0.2) is 0 Å². The van der Waals surface area contributed by atoms with Gasteiger partial charge in [-0.1, -0.05) is 17.3 Å². The van der Waals surface area contributed by atoms with Crippen LogP contribution in [0.3, 0.4) is 0 Å². The van der Waals surface area contributed by atoms with E-state index in [-0.39, 0.29) is 6.04 Å². The number of hydrogen-bond acceptors (Lipinski definition) is 9. The number of benzene rings is 1. The maximum atomic E-state index is 6.09. The van der Waals surface area contributed by atoms with Gasteiger partial charge in [0.2, 0.25) is 0 Å². The highest BCUT2D eigenvalue weighted by molar-refractivity contribution is 7.14. The zero-order chi connectivity index (χ0) is 22.1. The smallest absolute Gasteiger partial charge is 0.252 e. The van der Waals surface area contributed by atoms with E-state index in [4.69, 9.17) is 19.2 Å². The molecule has 0 saturated carbocycles. The molecule has 1 aromatic carbocycles. The number of rotatable bonds is 6. The number of anilines is 1. The molecule has 5 rings (SSSR count). The van der Waals surface area contributed by atoms with Gasteiger partial charge in [0.25, 0.3) is 5.88 Å². The number of aryl methyl sites for hydroxylation is 1. The molecule has 1 saturated heterocycles. The van der Waals surface area contributed by atoms with Gasteiger partial charge in [0.1, 0.15) is 28.4 Å². The Balaban J connectivity index is 1.53. The highest BCUT2D eigenvalue weighted by Gasteiger charge is 2.24. The van der Waals surface area contributed by atoms with E-state index in [2.05, 4.69) is 26.5 Å². The minimum atomic E-state index is 0.217. The Morgan fingerprint density at radius 2 is 2.09 bits per heavy atom. The molecule has 0 bridgehead atoms. The predicted molar refractivity (Wildman–Crippen MR) is 122 cm³/mol. The highest BCUT2D eigenvalue weighted by Crippen LogP contribution is 2.35. The number of hydrogen-bond donors (Lipinski definition) is 0. The largest absolute Gasteiger partial charge is 0.497 e.